The molecule has 3 heterocycles. The number of nitrogens with zero attached hydrogens (tertiary/aromatic N) is 2. The maximum atomic E-state index is 8.85. The molecular formula is C46H40IrN2OSi-2. The summed E-state index contributed by atoms with van der Waals surface area (Å²) in [4.78, 5) is 9.21. The molecule has 0 bridgehead atoms. The van der Waals surface area contributed by atoms with Gasteiger partial charge in [0, 0.05) is 48.9 Å². The van der Waals surface area contributed by atoms with Gasteiger partial charge in [0.25, 0.3) is 0 Å². The summed E-state index contributed by atoms with van der Waals surface area (Å²) < 4.78 is 38.8. The van der Waals surface area contributed by atoms with Crippen molar-refractivity contribution in [1.29, 1.82) is 0 Å². The minimum absolute atomic E-state index is 0. The molecule has 51 heavy (non-hydrogen) atoms. The second-order valence-corrected chi connectivity index (χ2v) is 18.4. The molecule has 8 rings (SSSR count). The van der Waals surface area contributed by atoms with E-state index in [9.17, 15) is 0 Å². The van der Waals surface area contributed by atoms with E-state index in [2.05, 4.69) is 53.9 Å². The van der Waals surface area contributed by atoms with Gasteiger partial charge in [-0.2, -0.15) is 0 Å². The largest absolute Gasteiger partial charge is 0.500 e. The predicted octanol–water partition coefficient (Wildman–Crippen LogP) is 11.7. The van der Waals surface area contributed by atoms with Crippen molar-refractivity contribution in [3.63, 3.8) is 0 Å². The van der Waals surface area contributed by atoms with Crippen LogP contribution < -0.4 is 5.19 Å². The Hall–Kier alpha value is -4.93. The Labute approximate surface area is 321 Å². The van der Waals surface area contributed by atoms with Crippen LogP contribution >= 0.6 is 0 Å². The number of hydrogen-bond donors (Lipinski definition) is 0. The maximum Gasteiger partial charge on any atom is 0.120 e. The second kappa shape index (κ2) is 15.5. The Kier molecular flexibility index (Phi) is 9.40. The van der Waals surface area contributed by atoms with E-state index in [1.54, 1.807) is 18.3 Å². The molecule has 255 valence electrons. The van der Waals surface area contributed by atoms with Crippen LogP contribution in [-0.2, 0) is 20.1 Å². The molecule has 0 aliphatic carbocycles. The number of benzene rings is 5. The molecule has 8 aromatic rings. The first-order valence-corrected chi connectivity index (χ1v) is 20.2. The number of aryl methyl sites for hydroxylation is 1. The number of pyridine rings is 2. The molecule has 0 saturated heterocycles. The molecular weight excluding hydrogens is 817 g/mol. The smallest absolute Gasteiger partial charge is 0.120 e. The summed E-state index contributed by atoms with van der Waals surface area (Å²) in [5.74, 6) is -0.802. The zero-order chi connectivity index (χ0) is 38.1. The fourth-order valence-corrected chi connectivity index (χ4v) is 7.00. The van der Waals surface area contributed by atoms with Gasteiger partial charge < -0.3 is 14.4 Å². The fourth-order valence-electron chi connectivity index (χ4n) is 5.97. The average molecular weight is 861 g/mol. The van der Waals surface area contributed by atoms with Crippen molar-refractivity contribution in [1.82, 2.24) is 9.97 Å². The Morgan fingerprint density at radius 1 is 0.686 bits per heavy atom. The van der Waals surface area contributed by atoms with E-state index in [0.29, 0.717) is 11.3 Å². The molecule has 3 nitrogen and oxygen atoms in total. The van der Waals surface area contributed by atoms with Crippen LogP contribution in [-0.4, -0.2) is 18.0 Å². The van der Waals surface area contributed by atoms with E-state index in [1.807, 2.05) is 122 Å². The van der Waals surface area contributed by atoms with Crippen molar-refractivity contribution in [2.45, 2.75) is 39.3 Å². The van der Waals surface area contributed by atoms with E-state index in [0.717, 1.165) is 55.4 Å². The summed E-state index contributed by atoms with van der Waals surface area (Å²) in [6.45, 7) is 6.64. The van der Waals surface area contributed by atoms with E-state index in [-0.39, 0.29) is 25.7 Å². The zero-order valence-corrected chi connectivity index (χ0v) is 32.4. The molecule has 0 spiro atoms. The quantitative estimate of drug-likeness (QED) is 0.123. The van der Waals surface area contributed by atoms with Gasteiger partial charge >= 0.3 is 0 Å². The Balaban J connectivity index is 0.000000186. The maximum absolute atomic E-state index is 8.85. The van der Waals surface area contributed by atoms with Crippen LogP contribution in [0.2, 0.25) is 19.6 Å². The number of para-hydroxylation sites is 1. The molecule has 0 N–H and O–H groups in total. The average Bonchev–Trinajstić information content (AvgIpc) is 3.56. The molecule has 0 saturated carbocycles. The van der Waals surface area contributed by atoms with Gasteiger partial charge in [-0.3, -0.25) is 0 Å². The normalized spacial score (nSPS) is 13.8. The number of furan rings is 1. The summed E-state index contributed by atoms with van der Waals surface area (Å²) in [5.41, 5.74) is 8.36. The molecule has 5 aromatic carbocycles. The standard InChI is InChI=1S/C24H16NO.C22H24NSi.Ir/c1-16-13-22(25-15-21(16)17-7-3-2-4-8-17)18-11-12-24-20(14-18)19-9-5-6-10-23(19)26-24;1-17(18-9-6-5-7-10-18)19-11-8-12-20(15-19)22-14-13-21(16-23-22)24(2,3)4;/h2-10,12-15H,1H3;5-11,13-17H,1-4H3;/q2*-1;/i1D3;17D;. The summed E-state index contributed by atoms with van der Waals surface area (Å²) >= 11 is 0. The van der Waals surface area contributed by atoms with Gasteiger partial charge in [0.05, 0.1) is 13.7 Å². The Morgan fingerprint density at radius 2 is 1.39 bits per heavy atom. The van der Waals surface area contributed by atoms with E-state index in [1.165, 1.54) is 5.19 Å². The van der Waals surface area contributed by atoms with Crippen LogP contribution in [0.15, 0.2) is 150 Å². The molecule has 1 atom stereocenters. The second-order valence-electron chi connectivity index (χ2n) is 13.4. The summed E-state index contributed by atoms with van der Waals surface area (Å²) in [6.07, 6.45) is 3.64. The summed E-state index contributed by atoms with van der Waals surface area (Å²) in [7, 11) is -1.34. The van der Waals surface area contributed by atoms with Crippen LogP contribution in [0.1, 0.15) is 35.0 Å². The summed E-state index contributed by atoms with van der Waals surface area (Å²) in [6, 6.07) is 49.3. The molecule has 0 fully saturated rings. The molecule has 3 aromatic heterocycles. The third kappa shape index (κ3) is 8.02. The fraction of sp³-hybridized carbons (Fsp3) is 0.130. The topological polar surface area (TPSA) is 38.9 Å². The van der Waals surface area contributed by atoms with Crippen LogP contribution in [0.5, 0.6) is 0 Å². The van der Waals surface area contributed by atoms with Gasteiger partial charge in [0.15, 0.2) is 0 Å². The Bertz CT molecular complexity index is 2550. The minimum Gasteiger partial charge on any atom is -0.500 e. The monoisotopic (exact) mass is 861 g/mol. The van der Waals surface area contributed by atoms with Gasteiger partial charge in [0.1, 0.15) is 5.58 Å². The van der Waals surface area contributed by atoms with Crippen molar-refractivity contribution >= 4 is 35.2 Å². The van der Waals surface area contributed by atoms with E-state index in [4.69, 9.17) is 9.90 Å². The van der Waals surface area contributed by atoms with Gasteiger partial charge in [-0.1, -0.05) is 129 Å². The van der Waals surface area contributed by atoms with Crippen LogP contribution in [0.3, 0.4) is 0 Å². The molecule has 0 amide bonds. The number of rotatable bonds is 6. The Morgan fingerprint density at radius 3 is 2.12 bits per heavy atom. The van der Waals surface area contributed by atoms with Crippen molar-refractivity contribution in [3.05, 3.63) is 175 Å². The first kappa shape index (κ1) is 30.9. The predicted molar refractivity (Wildman–Crippen MR) is 211 cm³/mol. The zero-order valence-electron chi connectivity index (χ0n) is 33.0. The molecule has 1 radical (unpaired) electrons. The third-order valence-corrected chi connectivity index (χ3v) is 10.9. The van der Waals surface area contributed by atoms with Gasteiger partial charge in [0.2, 0.25) is 0 Å². The first-order valence-electron chi connectivity index (χ1n) is 18.7. The van der Waals surface area contributed by atoms with Gasteiger partial charge in [-0.05, 0) is 52.1 Å². The number of aromatic nitrogens is 2. The van der Waals surface area contributed by atoms with Crippen molar-refractivity contribution in [2.75, 3.05) is 0 Å². The van der Waals surface area contributed by atoms with Gasteiger partial charge in [-0.15, -0.1) is 59.2 Å². The third-order valence-electron chi connectivity index (χ3n) is 8.92. The molecule has 5 heteroatoms. The van der Waals surface area contributed by atoms with Crippen LogP contribution in [0.4, 0.5) is 0 Å². The van der Waals surface area contributed by atoms with E-state index >= 15 is 0 Å². The van der Waals surface area contributed by atoms with Gasteiger partial charge in [-0.25, -0.2) is 0 Å². The van der Waals surface area contributed by atoms with Crippen molar-refractivity contribution < 1.29 is 30.0 Å². The van der Waals surface area contributed by atoms with E-state index < -0.39 is 20.8 Å². The summed E-state index contributed by atoms with van der Waals surface area (Å²) in [5, 5.41) is 3.32. The van der Waals surface area contributed by atoms with Crippen molar-refractivity contribution in [3.8, 4) is 33.6 Å². The molecule has 1 unspecified atom stereocenters. The van der Waals surface area contributed by atoms with Crippen LogP contribution in [0.25, 0.3) is 55.6 Å². The SMILES string of the molecule is [2H]C(C)(c1ccccc1)c1cc[c-]c(-c2ccc([Si](C)(C)C)cn2)c1.[2H]C([2H])([2H])c1cc(-c2[c-]cc3oc4ccccc4c3c2)ncc1-c1ccccc1.[Ir]. The molecule has 0 aliphatic rings. The first-order chi connectivity index (χ1) is 25.8. The van der Waals surface area contributed by atoms with Crippen molar-refractivity contribution in [2.24, 2.45) is 0 Å². The molecule has 0 aliphatic heterocycles. The number of hydrogen-bond acceptors (Lipinski definition) is 3. The van der Waals surface area contributed by atoms with Crippen LogP contribution in [0, 0.1) is 19.0 Å². The minimum atomic E-state index is -2.25. The number of fused-ring (bicyclic) bond motifs is 3.